The third-order valence-electron chi connectivity index (χ3n) is 10.4. The summed E-state index contributed by atoms with van der Waals surface area (Å²) in [5, 5.41) is 14.6. The first-order valence-electron chi connectivity index (χ1n) is 20.2. The fourth-order valence-corrected chi connectivity index (χ4v) is 13.8. The Labute approximate surface area is 446 Å². The summed E-state index contributed by atoms with van der Waals surface area (Å²) in [4.78, 5) is 24.3. The molecule has 6 aromatic rings. The molecule has 0 fully saturated rings. The van der Waals surface area contributed by atoms with E-state index in [-0.39, 0.29) is 27.1 Å². The van der Waals surface area contributed by atoms with E-state index in [1.807, 2.05) is 9.44 Å². The highest BCUT2D eigenvalue weighted by molar-refractivity contribution is 7.92. The van der Waals surface area contributed by atoms with Gasteiger partial charge in [0.2, 0.25) is 0 Å². The molecule has 0 aliphatic heterocycles. The number of benzene rings is 2. The number of nitrogens with one attached hydrogen (secondary N) is 4. The van der Waals surface area contributed by atoms with Gasteiger partial charge in [-0.2, -0.15) is 0 Å². The van der Waals surface area contributed by atoms with Crippen molar-refractivity contribution >= 4 is 159 Å². The summed E-state index contributed by atoms with van der Waals surface area (Å²) >= 11 is 49.0. The lowest BCUT2D eigenvalue weighted by Crippen LogP contribution is -2.39. The second-order valence-electron chi connectivity index (χ2n) is 15.1. The van der Waals surface area contributed by atoms with Crippen LogP contribution in [0.3, 0.4) is 0 Å². The second kappa shape index (κ2) is 23.1. The number of rotatable bonds is 12. The van der Waals surface area contributed by atoms with E-state index in [1.165, 1.54) is 0 Å². The minimum absolute atomic E-state index is 0.0470. The Kier molecular flexibility index (Phi) is 17.8. The lowest BCUT2D eigenvalue weighted by Gasteiger charge is -2.16. The van der Waals surface area contributed by atoms with E-state index in [1.54, 1.807) is 36.4 Å². The summed E-state index contributed by atoms with van der Waals surface area (Å²) in [5.74, 6) is -0.181. The second-order valence-corrected chi connectivity index (χ2v) is 24.7. The molecular formula is C42H32Cl8F2N6O8S4. The average molecular weight is 1200 g/mol. The Bertz CT molecular complexity index is 3050. The number of carbonyl (C=O) groups is 2. The molecule has 0 radical (unpaired) electrons. The number of aromatic nitrogens is 2. The number of carbonyl (C=O) groups excluding carboxylic acids is 2. The van der Waals surface area contributed by atoms with Gasteiger partial charge in [0.05, 0.1) is 34.5 Å². The van der Waals surface area contributed by atoms with E-state index in [0.29, 0.717) is 139 Å². The predicted molar refractivity (Wildman–Crippen MR) is 270 cm³/mol. The van der Waals surface area contributed by atoms with Crippen LogP contribution in [0.1, 0.15) is 70.8 Å². The maximum Gasteiger partial charge on any atom is 0.329 e. The number of nitrogens with zero attached hydrogens (tertiary/aromatic N) is 2. The van der Waals surface area contributed by atoms with E-state index in [0.717, 1.165) is 23.3 Å². The van der Waals surface area contributed by atoms with Gasteiger partial charge in [0.25, 0.3) is 20.0 Å². The third kappa shape index (κ3) is 13.1. The first kappa shape index (κ1) is 54.1. The quantitative estimate of drug-likeness (QED) is 0.0913. The summed E-state index contributed by atoms with van der Waals surface area (Å²) in [7, 11) is -8.44. The Balaban J connectivity index is 0.000000206. The number of hydrogen-bond donors (Lipinski definition) is 4. The van der Waals surface area contributed by atoms with Crippen molar-refractivity contribution in [1.29, 1.82) is 0 Å². The Morgan fingerprint density at radius 2 is 0.957 bits per heavy atom. The average Bonchev–Trinajstić information content (AvgIpc) is 4.09. The summed E-state index contributed by atoms with van der Waals surface area (Å²) in [6.45, 7) is -1.07. The molecular weight excluding hydrogens is 1170 g/mol. The molecule has 14 nitrogen and oxygen atoms in total. The molecule has 0 atom stereocenters. The molecule has 28 heteroatoms. The fraction of sp³-hybridized carbons (Fsp3) is 0.238. The molecule has 2 aliphatic rings. The van der Waals surface area contributed by atoms with Crippen LogP contribution in [0.25, 0.3) is 11.1 Å². The van der Waals surface area contributed by atoms with Gasteiger partial charge in [0.15, 0.2) is 0 Å². The van der Waals surface area contributed by atoms with Crippen LogP contribution in [-0.2, 0) is 45.7 Å². The summed E-state index contributed by atoms with van der Waals surface area (Å²) < 4.78 is 93.9. The largest absolute Gasteiger partial charge is 0.360 e. The SMILES string of the molecule is O=C(NC/C(F)=C1/CCCc2onc(Cc3ccc(Cl)cc3Cl)c21)NS(=O)(=O)c1cc(Cl)c(Cl)s1.O=C(NC/C(F)=C1\CCCc2onc(Cc3ccc(Cl)cc3Cl)c21)NS(=O)(=O)c1cc(Cl)c(Cl)s1. The minimum atomic E-state index is -4.22. The van der Waals surface area contributed by atoms with Gasteiger partial charge in [0, 0.05) is 56.9 Å². The molecule has 4 amide bonds. The Morgan fingerprint density at radius 1 is 0.571 bits per heavy atom. The number of sulfonamides is 2. The highest BCUT2D eigenvalue weighted by atomic mass is 35.5. The topological polar surface area (TPSA) is 203 Å². The molecule has 372 valence electrons. The molecule has 8 rings (SSSR count). The highest BCUT2D eigenvalue weighted by Gasteiger charge is 2.30. The first-order chi connectivity index (χ1) is 33.1. The number of amides is 4. The van der Waals surface area contributed by atoms with Crippen molar-refractivity contribution in [3.63, 3.8) is 0 Å². The number of aryl methyl sites for hydroxylation is 2. The molecule has 4 aromatic heterocycles. The van der Waals surface area contributed by atoms with Crippen LogP contribution in [0.15, 0.2) is 77.6 Å². The lowest BCUT2D eigenvalue weighted by molar-refractivity contribution is 0.245. The summed E-state index contributed by atoms with van der Waals surface area (Å²) in [6.07, 6.45) is 3.83. The molecule has 0 unspecified atom stereocenters. The smallest absolute Gasteiger partial charge is 0.329 e. The van der Waals surface area contributed by atoms with Gasteiger partial charge in [-0.25, -0.2) is 44.6 Å². The van der Waals surface area contributed by atoms with Crippen molar-refractivity contribution in [2.45, 2.75) is 59.8 Å². The van der Waals surface area contributed by atoms with Crippen LogP contribution in [0.5, 0.6) is 0 Å². The van der Waals surface area contributed by atoms with Gasteiger partial charge in [-0.05, 0) is 84.4 Å². The molecule has 4 heterocycles. The van der Waals surface area contributed by atoms with E-state index in [4.69, 9.17) is 102 Å². The monoisotopic (exact) mass is 1190 g/mol. The van der Waals surface area contributed by atoms with Crippen LogP contribution >= 0.6 is 115 Å². The molecule has 0 bridgehead atoms. The third-order valence-corrected chi connectivity index (χ3v) is 18.9. The van der Waals surface area contributed by atoms with Crippen LogP contribution in [0.4, 0.5) is 18.4 Å². The predicted octanol–water partition coefficient (Wildman–Crippen LogP) is 13.3. The van der Waals surface area contributed by atoms with Crippen molar-refractivity contribution in [3.8, 4) is 0 Å². The number of fused-ring (bicyclic) bond motifs is 2. The summed E-state index contributed by atoms with van der Waals surface area (Å²) in [6, 6.07) is 10.2. The number of thiophene rings is 2. The maximum atomic E-state index is 15.2. The van der Waals surface area contributed by atoms with Gasteiger partial charge in [-0.15, -0.1) is 22.7 Å². The van der Waals surface area contributed by atoms with Gasteiger partial charge in [0.1, 0.15) is 40.3 Å². The van der Waals surface area contributed by atoms with Crippen molar-refractivity contribution < 1.29 is 44.3 Å². The van der Waals surface area contributed by atoms with E-state index in [2.05, 4.69) is 20.9 Å². The van der Waals surface area contributed by atoms with Gasteiger partial charge in [-0.1, -0.05) is 115 Å². The normalized spacial score (nSPS) is 15.0. The molecule has 2 aromatic carbocycles. The number of allylic oxidation sites excluding steroid dienone is 2. The van der Waals surface area contributed by atoms with Crippen LogP contribution in [0.2, 0.25) is 38.8 Å². The Morgan fingerprint density at radius 3 is 1.30 bits per heavy atom. The molecule has 4 N–H and O–H groups in total. The van der Waals surface area contributed by atoms with Crippen molar-refractivity contribution in [3.05, 3.63) is 144 Å². The molecule has 0 saturated heterocycles. The van der Waals surface area contributed by atoms with Crippen LogP contribution in [-0.4, -0.2) is 52.3 Å². The van der Waals surface area contributed by atoms with E-state index in [9.17, 15) is 26.4 Å². The maximum absolute atomic E-state index is 15.2. The summed E-state index contributed by atoms with van der Waals surface area (Å²) in [5.41, 5.74) is 4.26. The van der Waals surface area contributed by atoms with E-state index >= 15 is 8.78 Å². The van der Waals surface area contributed by atoms with Gasteiger partial charge < -0.3 is 19.7 Å². The molecule has 0 saturated carbocycles. The van der Waals surface area contributed by atoms with Crippen molar-refractivity contribution in [1.82, 2.24) is 30.4 Å². The molecule has 0 spiro atoms. The standard InChI is InChI=1S/2C21H16Cl4FN3O4S2/c2*22-11-5-4-10(13(23)7-11)6-16-19-12(2-1-3-17(19)33-28-16)15(26)9-27-21(30)29-35(31,32)18-8-14(24)20(25)34-18/h2*4-5,7-8H,1-3,6,9H2,(H2,27,29,30)/b15-12+;15-12-. The van der Waals surface area contributed by atoms with E-state index < -0.39 is 56.9 Å². The minimum Gasteiger partial charge on any atom is -0.360 e. The molecule has 70 heavy (non-hydrogen) atoms. The number of urea groups is 2. The van der Waals surface area contributed by atoms with Gasteiger partial charge >= 0.3 is 12.1 Å². The molecule has 2 aliphatic carbocycles. The van der Waals surface area contributed by atoms with Crippen molar-refractivity contribution in [2.75, 3.05) is 13.1 Å². The van der Waals surface area contributed by atoms with Crippen LogP contribution < -0.4 is 20.1 Å². The number of hydrogen-bond acceptors (Lipinski definition) is 12. The highest BCUT2D eigenvalue weighted by Crippen LogP contribution is 2.40. The van der Waals surface area contributed by atoms with Crippen LogP contribution in [0, 0.1) is 0 Å². The Hall–Kier alpha value is -3.64. The lowest BCUT2D eigenvalue weighted by atomic mass is 9.89. The zero-order chi connectivity index (χ0) is 50.7. The number of halogens is 10. The zero-order valence-corrected chi connectivity index (χ0v) is 44.6. The fourth-order valence-electron chi connectivity index (χ4n) is 7.19. The van der Waals surface area contributed by atoms with Crippen molar-refractivity contribution in [2.24, 2.45) is 0 Å². The first-order valence-corrected chi connectivity index (χ1v) is 27.8. The van der Waals surface area contributed by atoms with Gasteiger partial charge in [-0.3, -0.25) is 0 Å². The zero-order valence-electron chi connectivity index (χ0n) is 35.3.